The first kappa shape index (κ1) is 41.4. The number of phosphoric acid groups is 1. The van der Waals surface area contributed by atoms with Crippen LogP contribution in [0.4, 0.5) is 0 Å². The van der Waals surface area contributed by atoms with Gasteiger partial charge in [-0.25, -0.2) is 4.57 Å². The second kappa shape index (κ2) is 27.4. The first-order valence-corrected chi connectivity index (χ1v) is 16.1. The van der Waals surface area contributed by atoms with Crippen molar-refractivity contribution in [3.63, 3.8) is 0 Å². The SMILES string of the molecule is CCCCCCCC(=S)S.CCCCCCCC(=S)S.C[N+](C)(C)CCOP(=O)(O)OCC(O)CO. The number of unbranched alkanes of at least 4 members (excludes halogenated alkanes) is 8. The third-order valence-corrected chi connectivity index (χ3v) is 6.49. The van der Waals surface area contributed by atoms with Crippen LogP contribution >= 0.6 is 57.5 Å². The lowest BCUT2D eigenvalue weighted by Crippen LogP contribution is -2.37. The zero-order valence-corrected chi connectivity index (χ0v) is 27.4. The molecule has 0 aliphatic heterocycles. The largest absolute Gasteiger partial charge is 0.472 e. The summed E-state index contributed by atoms with van der Waals surface area (Å²) in [5, 5.41) is 17.4. The Morgan fingerprint density at radius 2 is 1.28 bits per heavy atom. The summed E-state index contributed by atoms with van der Waals surface area (Å²) in [7, 11) is 1.63. The number of nitrogens with zero attached hydrogens (tertiary/aromatic N) is 1. The predicted molar refractivity (Wildman–Crippen MR) is 168 cm³/mol. The third-order valence-electron chi connectivity index (χ3n) is 4.65. The average molecular weight is 611 g/mol. The molecule has 0 saturated carbocycles. The molecule has 0 aliphatic rings. The number of hydrogen-bond acceptors (Lipinski definition) is 7. The predicted octanol–water partition coefficient (Wildman–Crippen LogP) is 6.39. The summed E-state index contributed by atoms with van der Waals surface area (Å²) in [5.74, 6) is 0. The van der Waals surface area contributed by atoms with Crippen LogP contribution in [0.5, 0.6) is 0 Å². The van der Waals surface area contributed by atoms with Crippen molar-refractivity contribution in [1.82, 2.24) is 0 Å². The summed E-state index contributed by atoms with van der Waals surface area (Å²) in [5.41, 5.74) is 0. The first-order valence-electron chi connectivity index (χ1n) is 12.9. The summed E-state index contributed by atoms with van der Waals surface area (Å²) in [4.78, 5) is 9.17. The van der Waals surface area contributed by atoms with E-state index < -0.39 is 27.1 Å². The molecule has 0 rings (SSSR count). The monoisotopic (exact) mass is 610 g/mol. The van der Waals surface area contributed by atoms with E-state index in [1.54, 1.807) is 0 Å². The fourth-order valence-corrected chi connectivity index (χ4v) is 3.81. The van der Waals surface area contributed by atoms with E-state index in [1.165, 1.54) is 64.2 Å². The quantitative estimate of drug-likeness (QED) is 0.0356. The molecule has 0 aromatic rings. The number of quaternary nitrogens is 1. The van der Waals surface area contributed by atoms with Gasteiger partial charge < -0.3 is 19.6 Å². The van der Waals surface area contributed by atoms with E-state index in [0.29, 0.717) is 11.0 Å². The Morgan fingerprint density at radius 1 is 0.861 bits per heavy atom. The van der Waals surface area contributed by atoms with Gasteiger partial charge >= 0.3 is 7.82 Å². The van der Waals surface area contributed by atoms with Crippen molar-refractivity contribution in [3.8, 4) is 0 Å². The molecule has 2 atom stereocenters. The van der Waals surface area contributed by atoms with Crippen LogP contribution in [0.3, 0.4) is 0 Å². The molecule has 36 heavy (non-hydrogen) atoms. The molecule has 7 nitrogen and oxygen atoms in total. The molecule has 12 heteroatoms. The van der Waals surface area contributed by atoms with E-state index in [1.807, 2.05) is 21.1 Å². The minimum atomic E-state index is -4.13. The molecule has 3 N–H and O–H groups in total. The van der Waals surface area contributed by atoms with Crippen molar-refractivity contribution < 1.29 is 33.2 Å². The van der Waals surface area contributed by atoms with Crippen molar-refractivity contribution >= 4 is 65.9 Å². The molecule has 0 aromatic heterocycles. The van der Waals surface area contributed by atoms with Gasteiger partial charge in [0.15, 0.2) is 0 Å². The maximum absolute atomic E-state index is 11.2. The van der Waals surface area contributed by atoms with Crippen molar-refractivity contribution in [1.29, 1.82) is 0 Å². The fourth-order valence-electron chi connectivity index (χ4n) is 2.46. The molecule has 0 spiro atoms. The normalized spacial score (nSPS) is 13.5. The van der Waals surface area contributed by atoms with Crippen LogP contribution in [0.1, 0.15) is 90.9 Å². The first-order chi connectivity index (χ1) is 16.7. The lowest BCUT2D eigenvalue weighted by molar-refractivity contribution is -0.870. The third kappa shape index (κ3) is 42.0. The van der Waals surface area contributed by atoms with Crippen LogP contribution < -0.4 is 0 Å². The number of aliphatic hydroxyl groups excluding tert-OH is 2. The highest BCUT2D eigenvalue weighted by molar-refractivity contribution is 8.11. The van der Waals surface area contributed by atoms with Gasteiger partial charge in [0.25, 0.3) is 0 Å². The summed E-state index contributed by atoms with van der Waals surface area (Å²) in [6.07, 6.45) is 14.0. The Balaban J connectivity index is -0.000000476. The topological polar surface area (TPSA) is 96.2 Å². The molecular formula is C24H53NO6PS4+. The van der Waals surface area contributed by atoms with Crippen LogP contribution in [0, 0.1) is 0 Å². The molecule has 0 aliphatic carbocycles. The molecule has 218 valence electrons. The molecule has 0 amide bonds. The number of thiocarbonyl (C=S) groups is 2. The van der Waals surface area contributed by atoms with Crippen LogP contribution in [0.25, 0.3) is 0 Å². The fraction of sp³-hybridized carbons (Fsp3) is 0.917. The van der Waals surface area contributed by atoms with Gasteiger partial charge in [0.2, 0.25) is 0 Å². The summed E-state index contributed by atoms with van der Waals surface area (Å²) >= 11 is 17.8. The molecule has 2 unspecified atom stereocenters. The van der Waals surface area contributed by atoms with Crippen LogP contribution in [0.15, 0.2) is 0 Å². The van der Waals surface area contributed by atoms with Crippen molar-refractivity contribution in [2.24, 2.45) is 0 Å². The van der Waals surface area contributed by atoms with Crippen LogP contribution in [0.2, 0.25) is 0 Å². The highest BCUT2D eigenvalue weighted by Gasteiger charge is 2.23. The summed E-state index contributed by atoms with van der Waals surface area (Å²) < 4.78 is 22.7. The Hall–Kier alpha value is 0.870. The van der Waals surface area contributed by atoms with E-state index in [-0.39, 0.29) is 6.61 Å². The molecule has 0 fully saturated rings. The molecule has 0 bridgehead atoms. The van der Waals surface area contributed by atoms with Crippen molar-refractivity contribution in [2.45, 2.75) is 97.0 Å². The maximum atomic E-state index is 11.2. The number of likely N-dealkylation sites (N-methyl/N-ethyl adjacent to an activating group) is 1. The second-order valence-electron chi connectivity index (χ2n) is 9.56. The number of hydrogen-bond donors (Lipinski definition) is 5. The van der Waals surface area contributed by atoms with E-state index in [2.05, 4.69) is 48.2 Å². The molecule has 0 saturated heterocycles. The van der Waals surface area contributed by atoms with E-state index in [9.17, 15) is 4.57 Å². The average Bonchev–Trinajstić information content (AvgIpc) is 2.76. The van der Waals surface area contributed by atoms with Gasteiger partial charge in [-0.15, -0.1) is 25.3 Å². The van der Waals surface area contributed by atoms with E-state index >= 15 is 0 Å². The lowest BCUT2D eigenvalue weighted by Gasteiger charge is -2.24. The Kier molecular flexibility index (Phi) is 31.5. The minimum absolute atomic E-state index is 0.0759. The zero-order valence-electron chi connectivity index (χ0n) is 23.1. The van der Waals surface area contributed by atoms with Gasteiger partial charge in [0.1, 0.15) is 19.3 Å². The number of aliphatic hydroxyl groups is 2. The minimum Gasteiger partial charge on any atom is -0.394 e. The van der Waals surface area contributed by atoms with Crippen molar-refractivity contribution in [3.05, 3.63) is 0 Å². The smallest absolute Gasteiger partial charge is 0.394 e. The number of phosphoric ester groups is 1. The summed E-state index contributed by atoms with van der Waals surface area (Å²) in [6, 6.07) is 0. The molecule has 0 heterocycles. The van der Waals surface area contributed by atoms with Gasteiger partial charge in [-0.3, -0.25) is 9.05 Å². The highest BCUT2D eigenvalue weighted by Crippen LogP contribution is 2.43. The van der Waals surface area contributed by atoms with Gasteiger partial charge in [0, 0.05) is 8.39 Å². The van der Waals surface area contributed by atoms with Crippen molar-refractivity contribution in [2.75, 3.05) is 47.5 Å². The van der Waals surface area contributed by atoms with E-state index in [0.717, 1.165) is 21.2 Å². The maximum Gasteiger partial charge on any atom is 0.472 e. The van der Waals surface area contributed by atoms with Crippen LogP contribution in [-0.2, 0) is 13.6 Å². The molecular weight excluding hydrogens is 558 g/mol. The highest BCUT2D eigenvalue weighted by atomic mass is 32.1. The molecule has 0 aromatic carbocycles. The Bertz CT molecular complexity index is 555. The van der Waals surface area contributed by atoms with Gasteiger partial charge in [-0.2, -0.15) is 0 Å². The molecule has 0 radical (unpaired) electrons. The Morgan fingerprint density at radius 3 is 1.61 bits per heavy atom. The summed E-state index contributed by atoms with van der Waals surface area (Å²) in [6.45, 7) is 4.11. The number of rotatable bonds is 20. The lowest BCUT2D eigenvalue weighted by atomic mass is 10.1. The van der Waals surface area contributed by atoms with E-state index in [4.69, 9.17) is 39.5 Å². The van der Waals surface area contributed by atoms with Crippen LogP contribution in [-0.4, -0.2) is 81.6 Å². The van der Waals surface area contributed by atoms with Gasteiger partial charge in [-0.1, -0.05) is 89.6 Å². The van der Waals surface area contributed by atoms with Gasteiger partial charge in [0.05, 0.1) is 34.4 Å². The Labute approximate surface area is 242 Å². The van der Waals surface area contributed by atoms with Gasteiger partial charge in [-0.05, 0) is 25.7 Å². The second-order valence-corrected chi connectivity index (χ2v) is 13.7. The standard InChI is InChI=1S/C8H20NO6P.2C8H16S2/c1-9(2,3)4-5-14-16(12,13)15-7-8(11)6-10;2*1-2-3-4-5-6-7-8(9)10/h8,10-11H,4-7H2,1-3H3;2*2-7H2,1H3,(H,9,10)/p+1. The zero-order chi connectivity index (χ0) is 28.5. The number of thiol groups is 2.